The second kappa shape index (κ2) is 9.20. The molecule has 0 unspecified atom stereocenters. The zero-order chi connectivity index (χ0) is 25.4. The van der Waals surface area contributed by atoms with Crippen molar-refractivity contribution in [3.63, 3.8) is 0 Å². The molecule has 0 aliphatic rings. The third-order valence-corrected chi connectivity index (χ3v) is 6.79. The standard InChI is InChI=1S/C25H21F3N2O4S/c1-15-4-5-16-12-20(24(33-3)14-22(16)30-15)21-13-19(35(31,32)29-2)10-11-23(21)34-18-8-6-17(7-9-18)25(26,27)28/h4-14,29H,1-3H3. The largest absolute Gasteiger partial charge is 0.496 e. The zero-order valence-electron chi connectivity index (χ0n) is 19.0. The lowest BCUT2D eigenvalue weighted by atomic mass is 10.0. The first-order valence-corrected chi connectivity index (χ1v) is 11.9. The number of hydrogen-bond donors (Lipinski definition) is 1. The van der Waals surface area contributed by atoms with Gasteiger partial charge in [0.15, 0.2) is 0 Å². The maximum atomic E-state index is 12.9. The summed E-state index contributed by atoms with van der Waals surface area (Å²) in [5.74, 6) is 0.810. The zero-order valence-corrected chi connectivity index (χ0v) is 19.8. The number of aromatic nitrogens is 1. The van der Waals surface area contributed by atoms with Crippen molar-refractivity contribution < 1.29 is 31.1 Å². The SMILES string of the molecule is CNS(=O)(=O)c1ccc(Oc2ccc(C(F)(F)F)cc2)c(-c2cc3ccc(C)nc3cc2OC)c1. The number of rotatable bonds is 6. The second-order valence-electron chi connectivity index (χ2n) is 7.69. The molecule has 0 aliphatic heterocycles. The molecule has 10 heteroatoms. The van der Waals surface area contributed by atoms with Crippen LogP contribution in [0.2, 0.25) is 0 Å². The fraction of sp³-hybridized carbons (Fsp3) is 0.160. The number of nitrogens with one attached hydrogen (secondary N) is 1. The van der Waals surface area contributed by atoms with Crippen molar-refractivity contribution in [3.8, 4) is 28.4 Å². The number of fused-ring (bicyclic) bond motifs is 1. The summed E-state index contributed by atoms with van der Waals surface area (Å²) in [7, 11) is -1.02. The first kappa shape index (κ1) is 24.5. The molecule has 0 radical (unpaired) electrons. The van der Waals surface area contributed by atoms with E-state index >= 15 is 0 Å². The van der Waals surface area contributed by atoms with Crippen LogP contribution in [0.15, 0.2) is 71.6 Å². The average molecular weight is 503 g/mol. The van der Waals surface area contributed by atoms with Crippen molar-refractivity contribution in [1.29, 1.82) is 0 Å². The van der Waals surface area contributed by atoms with Crippen molar-refractivity contribution in [1.82, 2.24) is 9.71 Å². The van der Waals surface area contributed by atoms with E-state index in [0.29, 0.717) is 22.4 Å². The quantitative estimate of drug-likeness (QED) is 0.353. The van der Waals surface area contributed by atoms with E-state index in [-0.39, 0.29) is 16.4 Å². The van der Waals surface area contributed by atoms with Crippen molar-refractivity contribution in [2.75, 3.05) is 14.2 Å². The van der Waals surface area contributed by atoms with Gasteiger partial charge in [-0.25, -0.2) is 13.1 Å². The van der Waals surface area contributed by atoms with Crippen LogP contribution in [0, 0.1) is 6.92 Å². The van der Waals surface area contributed by atoms with Gasteiger partial charge in [-0.1, -0.05) is 6.07 Å². The summed E-state index contributed by atoms with van der Waals surface area (Å²) in [6, 6.07) is 15.7. The minimum absolute atomic E-state index is 0.0149. The maximum Gasteiger partial charge on any atom is 0.416 e. The number of aryl methyl sites for hydroxylation is 1. The Labute approximate surface area is 200 Å². The maximum absolute atomic E-state index is 12.9. The molecule has 0 atom stereocenters. The molecule has 0 fully saturated rings. The summed E-state index contributed by atoms with van der Waals surface area (Å²) < 4.78 is 77.5. The van der Waals surface area contributed by atoms with Gasteiger partial charge in [0.05, 0.1) is 23.1 Å². The first-order valence-electron chi connectivity index (χ1n) is 10.4. The van der Waals surface area contributed by atoms with Crippen LogP contribution in [-0.2, 0) is 16.2 Å². The molecule has 0 bridgehead atoms. The molecule has 3 aromatic carbocycles. The van der Waals surface area contributed by atoms with Gasteiger partial charge in [-0.05, 0) is 68.6 Å². The molecule has 0 spiro atoms. The third-order valence-electron chi connectivity index (χ3n) is 5.38. The molecule has 1 aromatic heterocycles. The molecule has 0 amide bonds. The number of alkyl halides is 3. The predicted octanol–water partition coefficient (Wildman–Crippen LogP) is 5.94. The summed E-state index contributed by atoms with van der Waals surface area (Å²) in [5, 5.41) is 0.786. The van der Waals surface area contributed by atoms with Gasteiger partial charge in [-0.3, -0.25) is 4.98 Å². The van der Waals surface area contributed by atoms with E-state index in [0.717, 1.165) is 23.2 Å². The topological polar surface area (TPSA) is 77.5 Å². The number of sulfonamides is 1. The van der Waals surface area contributed by atoms with E-state index in [1.807, 2.05) is 19.1 Å². The van der Waals surface area contributed by atoms with Crippen molar-refractivity contribution in [2.24, 2.45) is 0 Å². The smallest absolute Gasteiger partial charge is 0.416 e. The molecule has 0 saturated heterocycles. The minimum atomic E-state index is -4.47. The lowest BCUT2D eigenvalue weighted by molar-refractivity contribution is -0.137. The number of nitrogens with zero attached hydrogens (tertiary/aromatic N) is 1. The predicted molar refractivity (Wildman–Crippen MR) is 126 cm³/mol. The molecular weight excluding hydrogens is 481 g/mol. The molecule has 182 valence electrons. The highest BCUT2D eigenvalue weighted by Crippen LogP contribution is 2.42. The fourth-order valence-electron chi connectivity index (χ4n) is 3.57. The van der Waals surface area contributed by atoms with Gasteiger partial charge in [0, 0.05) is 28.3 Å². The summed E-state index contributed by atoms with van der Waals surface area (Å²) in [5.41, 5.74) is 1.61. The monoisotopic (exact) mass is 502 g/mol. The highest BCUT2D eigenvalue weighted by atomic mass is 32.2. The van der Waals surface area contributed by atoms with Crippen LogP contribution in [0.5, 0.6) is 17.2 Å². The fourth-order valence-corrected chi connectivity index (χ4v) is 4.32. The Morgan fingerprint density at radius 3 is 2.20 bits per heavy atom. The van der Waals surface area contributed by atoms with E-state index < -0.39 is 21.8 Å². The van der Waals surface area contributed by atoms with Gasteiger partial charge in [-0.2, -0.15) is 13.2 Å². The summed E-state index contributed by atoms with van der Waals surface area (Å²) in [6.45, 7) is 1.86. The molecule has 0 saturated carbocycles. The second-order valence-corrected chi connectivity index (χ2v) is 9.57. The number of halogens is 3. The molecule has 6 nitrogen and oxygen atoms in total. The molecule has 4 aromatic rings. The normalized spacial score (nSPS) is 12.1. The van der Waals surface area contributed by atoms with Crippen molar-refractivity contribution in [2.45, 2.75) is 18.0 Å². The highest BCUT2D eigenvalue weighted by Gasteiger charge is 2.30. The molecular formula is C25H21F3N2O4S. The van der Waals surface area contributed by atoms with E-state index in [2.05, 4.69) is 9.71 Å². The van der Waals surface area contributed by atoms with Gasteiger partial charge >= 0.3 is 6.18 Å². The van der Waals surface area contributed by atoms with Crippen molar-refractivity contribution in [3.05, 3.63) is 78.0 Å². The Balaban J connectivity index is 1.89. The number of ether oxygens (including phenoxy) is 2. The summed E-state index contributed by atoms with van der Waals surface area (Å²) in [6.07, 6.45) is -4.47. The summed E-state index contributed by atoms with van der Waals surface area (Å²) >= 11 is 0. The molecule has 1 heterocycles. The summed E-state index contributed by atoms with van der Waals surface area (Å²) in [4.78, 5) is 4.48. The Kier molecular flexibility index (Phi) is 6.44. The number of pyridine rings is 1. The van der Waals surface area contributed by atoms with E-state index in [1.165, 1.54) is 44.5 Å². The van der Waals surface area contributed by atoms with Gasteiger partial charge in [-0.15, -0.1) is 0 Å². The van der Waals surface area contributed by atoms with E-state index in [1.54, 1.807) is 12.1 Å². The number of hydrogen-bond acceptors (Lipinski definition) is 5. The van der Waals surface area contributed by atoms with Crippen LogP contribution in [0.25, 0.3) is 22.0 Å². The average Bonchev–Trinajstić information content (AvgIpc) is 2.83. The van der Waals surface area contributed by atoms with Gasteiger partial charge in [0.25, 0.3) is 0 Å². The van der Waals surface area contributed by atoms with Gasteiger partial charge in [0.2, 0.25) is 10.0 Å². The third kappa shape index (κ3) is 5.08. The van der Waals surface area contributed by atoms with Crippen molar-refractivity contribution >= 4 is 20.9 Å². The molecule has 35 heavy (non-hydrogen) atoms. The number of methoxy groups -OCH3 is 1. The minimum Gasteiger partial charge on any atom is -0.496 e. The van der Waals surface area contributed by atoms with Crippen LogP contribution < -0.4 is 14.2 Å². The van der Waals surface area contributed by atoms with Gasteiger partial charge in [0.1, 0.15) is 17.2 Å². The van der Waals surface area contributed by atoms with E-state index in [4.69, 9.17) is 9.47 Å². The number of benzene rings is 3. The lowest BCUT2D eigenvalue weighted by Gasteiger charge is -2.17. The molecule has 4 rings (SSSR count). The first-order chi connectivity index (χ1) is 16.5. The Bertz CT molecular complexity index is 1500. The molecule has 1 N–H and O–H groups in total. The van der Waals surface area contributed by atoms with Gasteiger partial charge < -0.3 is 9.47 Å². The van der Waals surface area contributed by atoms with Crippen LogP contribution in [0.1, 0.15) is 11.3 Å². The van der Waals surface area contributed by atoms with Crippen LogP contribution in [0.4, 0.5) is 13.2 Å². The van der Waals surface area contributed by atoms with Crippen LogP contribution in [-0.4, -0.2) is 27.6 Å². The Morgan fingerprint density at radius 1 is 0.886 bits per heavy atom. The molecule has 0 aliphatic carbocycles. The highest BCUT2D eigenvalue weighted by molar-refractivity contribution is 7.89. The Morgan fingerprint density at radius 2 is 1.57 bits per heavy atom. The Hall–Kier alpha value is -3.63. The lowest BCUT2D eigenvalue weighted by Crippen LogP contribution is -2.18. The van der Waals surface area contributed by atoms with E-state index in [9.17, 15) is 21.6 Å². The van der Waals surface area contributed by atoms with Crippen LogP contribution in [0.3, 0.4) is 0 Å². The van der Waals surface area contributed by atoms with Crippen LogP contribution >= 0.6 is 0 Å².